The molecule has 1 aliphatic rings. The first-order chi connectivity index (χ1) is 19.0. The first-order valence-electron chi connectivity index (χ1n) is 13.2. The molecule has 1 saturated carbocycles. The Morgan fingerprint density at radius 3 is 2.17 bits per heavy atom. The predicted octanol–water partition coefficient (Wildman–Crippen LogP) is 5.46. The minimum absolute atomic E-state index is 0.0605. The van der Waals surface area contributed by atoms with Gasteiger partial charge in [-0.05, 0) is 80.8 Å². The predicted molar refractivity (Wildman–Crippen MR) is 154 cm³/mol. The third kappa shape index (κ3) is 7.20. The lowest BCUT2D eigenvalue weighted by molar-refractivity contribution is -0.139. The lowest BCUT2D eigenvalue weighted by Gasteiger charge is -2.32. The summed E-state index contributed by atoms with van der Waals surface area (Å²) in [6, 6.07) is 17.3. The standard InChI is InChI=1S/C30H33ClFN3O4S/c1-21-7-15-27(16-8-21)35(40(38,39)28-17-13-25(32)14-18-28)20-29(36)34(19-23-9-11-24(31)12-10-23)22(2)30(37)33-26-5-3-4-6-26/h7-18,22,26H,3-6,19-20H2,1-2H3,(H,33,37). The lowest BCUT2D eigenvalue weighted by Crippen LogP contribution is -2.52. The summed E-state index contributed by atoms with van der Waals surface area (Å²) in [5.74, 6) is -1.43. The second-order valence-corrected chi connectivity index (χ2v) is 12.4. The molecule has 1 fully saturated rings. The Morgan fingerprint density at radius 2 is 1.57 bits per heavy atom. The third-order valence-corrected chi connectivity index (χ3v) is 9.18. The van der Waals surface area contributed by atoms with E-state index in [0.717, 1.165) is 53.2 Å². The number of anilines is 1. The fourth-order valence-electron chi connectivity index (χ4n) is 4.73. The lowest BCUT2D eigenvalue weighted by atomic mass is 10.1. The molecule has 0 aromatic heterocycles. The van der Waals surface area contributed by atoms with E-state index in [1.165, 1.54) is 17.0 Å². The van der Waals surface area contributed by atoms with Gasteiger partial charge < -0.3 is 10.2 Å². The minimum atomic E-state index is -4.25. The van der Waals surface area contributed by atoms with Gasteiger partial charge in [-0.1, -0.05) is 54.3 Å². The number of rotatable bonds is 10. The molecule has 0 bridgehead atoms. The summed E-state index contributed by atoms with van der Waals surface area (Å²) in [6.45, 7) is 3.03. The number of nitrogens with one attached hydrogen (secondary N) is 1. The minimum Gasteiger partial charge on any atom is -0.352 e. The highest BCUT2D eigenvalue weighted by atomic mass is 35.5. The van der Waals surface area contributed by atoms with E-state index in [9.17, 15) is 22.4 Å². The molecule has 2 amide bonds. The number of sulfonamides is 1. The molecule has 1 aliphatic carbocycles. The van der Waals surface area contributed by atoms with Crippen LogP contribution in [0.3, 0.4) is 0 Å². The van der Waals surface area contributed by atoms with Crippen molar-refractivity contribution in [2.45, 2.75) is 63.1 Å². The molecule has 0 saturated heterocycles. The Bertz CT molecular complexity index is 1430. The zero-order valence-corrected chi connectivity index (χ0v) is 24.1. The fraction of sp³-hybridized carbons (Fsp3) is 0.333. The van der Waals surface area contributed by atoms with Crippen LogP contribution < -0.4 is 9.62 Å². The molecule has 40 heavy (non-hydrogen) atoms. The van der Waals surface area contributed by atoms with E-state index in [1.54, 1.807) is 55.5 Å². The third-order valence-electron chi connectivity index (χ3n) is 7.14. The summed E-state index contributed by atoms with van der Waals surface area (Å²) in [5.41, 5.74) is 1.93. The molecule has 3 aromatic carbocycles. The maximum atomic E-state index is 13.9. The van der Waals surface area contributed by atoms with Gasteiger partial charge in [0.2, 0.25) is 11.8 Å². The van der Waals surface area contributed by atoms with Crippen LogP contribution in [-0.4, -0.2) is 43.8 Å². The van der Waals surface area contributed by atoms with Gasteiger partial charge in [0, 0.05) is 17.6 Å². The zero-order valence-electron chi connectivity index (χ0n) is 22.5. The van der Waals surface area contributed by atoms with E-state index in [-0.39, 0.29) is 29.1 Å². The number of hydrogen-bond donors (Lipinski definition) is 1. The van der Waals surface area contributed by atoms with Crippen molar-refractivity contribution in [2.24, 2.45) is 0 Å². The number of hydrogen-bond acceptors (Lipinski definition) is 4. The molecular formula is C30H33ClFN3O4S. The van der Waals surface area contributed by atoms with Crippen LogP contribution in [0.1, 0.15) is 43.7 Å². The van der Waals surface area contributed by atoms with Crippen molar-refractivity contribution >= 4 is 39.1 Å². The zero-order chi connectivity index (χ0) is 28.9. The average molecular weight is 586 g/mol. The summed E-state index contributed by atoms with van der Waals surface area (Å²) in [4.78, 5) is 28.4. The van der Waals surface area contributed by atoms with Crippen molar-refractivity contribution < 1.29 is 22.4 Å². The molecule has 0 aliphatic heterocycles. The summed E-state index contributed by atoms with van der Waals surface area (Å²) >= 11 is 6.04. The number of amides is 2. The monoisotopic (exact) mass is 585 g/mol. The van der Waals surface area contributed by atoms with Gasteiger partial charge in [-0.15, -0.1) is 0 Å². The summed E-state index contributed by atoms with van der Waals surface area (Å²) < 4.78 is 42.1. The van der Waals surface area contributed by atoms with Gasteiger partial charge in [-0.25, -0.2) is 12.8 Å². The van der Waals surface area contributed by atoms with Gasteiger partial charge in [-0.3, -0.25) is 13.9 Å². The van der Waals surface area contributed by atoms with Gasteiger partial charge in [0.1, 0.15) is 18.4 Å². The van der Waals surface area contributed by atoms with Crippen molar-refractivity contribution in [1.29, 1.82) is 0 Å². The molecule has 1 N–H and O–H groups in total. The summed E-state index contributed by atoms with van der Waals surface area (Å²) in [5, 5.41) is 3.57. The van der Waals surface area contributed by atoms with E-state index in [2.05, 4.69) is 5.32 Å². The SMILES string of the molecule is Cc1ccc(N(CC(=O)N(Cc2ccc(Cl)cc2)C(C)C(=O)NC2CCCC2)S(=O)(=O)c2ccc(F)cc2)cc1. The summed E-state index contributed by atoms with van der Waals surface area (Å²) in [7, 11) is -4.25. The van der Waals surface area contributed by atoms with Crippen LogP contribution in [0.25, 0.3) is 0 Å². The smallest absolute Gasteiger partial charge is 0.264 e. The Labute approximate surface area is 240 Å². The van der Waals surface area contributed by atoms with E-state index >= 15 is 0 Å². The van der Waals surface area contributed by atoms with Crippen molar-refractivity contribution in [3.63, 3.8) is 0 Å². The van der Waals surface area contributed by atoms with Gasteiger partial charge in [0.05, 0.1) is 10.6 Å². The van der Waals surface area contributed by atoms with Gasteiger partial charge >= 0.3 is 0 Å². The normalized spacial score (nSPS) is 14.5. The quantitative estimate of drug-likeness (QED) is 0.342. The molecule has 0 radical (unpaired) electrons. The van der Waals surface area contributed by atoms with E-state index in [0.29, 0.717) is 5.02 Å². The molecule has 1 atom stereocenters. The average Bonchev–Trinajstić information content (AvgIpc) is 3.44. The van der Waals surface area contributed by atoms with Crippen LogP contribution in [0.15, 0.2) is 77.7 Å². The molecule has 212 valence electrons. The van der Waals surface area contributed by atoms with Crippen LogP contribution in [0.2, 0.25) is 5.02 Å². The Hall–Kier alpha value is -3.43. The van der Waals surface area contributed by atoms with Crippen molar-refractivity contribution in [2.75, 3.05) is 10.8 Å². The number of carbonyl (C=O) groups excluding carboxylic acids is 2. The highest BCUT2D eigenvalue weighted by molar-refractivity contribution is 7.92. The number of halogens is 2. The molecule has 1 unspecified atom stereocenters. The first-order valence-corrected chi connectivity index (χ1v) is 15.1. The van der Waals surface area contributed by atoms with E-state index in [4.69, 9.17) is 11.6 Å². The Kier molecular flexibility index (Phi) is 9.48. The van der Waals surface area contributed by atoms with Crippen molar-refractivity contribution in [1.82, 2.24) is 10.2 Å². The van der Waals surface area contributed by atoms with Crippen LogP contribution >= 0.6 is 11.6 Å². The van der Waals surface area contributed by atoms with Gasteiger partial charge in [-0.2, -0.15) is 0 Å². The summed E-state index contributed by atoms with van der Waals surface area (Å²) in [6.07, 6.45) is 3.86. The molecular weight excluding hydrogens is 553 g/mol. The van der Waals surface area contributed by atoms with Gasteiger partial charge in [0.15, 0.2) is 0 Å². The van der Waals surface area contributed by atoms with Crippen molar-refractivity contribution in [3.05, 3.63) is 94.8 Å². The second-order valence-electron chi connectivity index (χ2n) is 10.1. The number of benzene rings is 3. The van der Waals surface area contributed by atoms with E-state index < -0.39 is 34.3 Å². The maximum Gasteiger partial charge on any atom is 0.264 e. The largest absolute Gasteiger partial charge is 0.352 e. The molecule has 3 aromatic rings. The highest BCUT2D eigenvalue weighted by Gasteiger charge is 2.33. The molecule has 7 nitrogen and oxygen atoms in total. The fourth-order valence-corrected chi connectivity index (χ4v) is 6.27. The highest BCUT2D eigenvalue weighted by Crippen LogP contribution is 2.26. The van der Waals surface area contributed by atoms with Crippen LogP contribution in [-0.2, 0) is 26.2 Å². The molecule has 0 spiro atoms. The number of aryl methyl sites for hydroxylation is 1. The van der Waals surface area contributed by atoms with Gasteiger partial charge in [0.25, 0.3) is 10.0 Å². The van der Waals surface area contributed by atoms with Crippen LogP contribution in [0.4, 0.5) is 10.1 Å². The van der Waals surface area contributed by atoms with Crippen LogP contribution in [0, 0.1) is 12.7 Å². The molecule has 10 heteroatoms. The Balaban J connectivity index is 1.67. The number of nitrogens with zero attached hydrogens (tertiary/aromatic N) is 2. The van der Waals surface area contributed by atoms with Crippen LogP contribution in [0.5, 0.6) is 0 Å². The molecule has 4 rings (SSSR count). The van der Waals surface area contributed by atoms with Crippen molar-refractivity contribution in [3.8, 4) is 0 Å². The second kappa shape index (κ2) is 12.8. The maximum absolute atomic E-state index is 13.9. The first kappa shape index (κ1) is 29.6. The Morgan fingerprint density at radius 1 is 0.975 bits per heavy atom. The van der Waals surface area contributed by atoms with E-state index in [1.807, 2.05) is 6.92 Å². The number of carbonyl (C=O) groups is 2. The molecule has 0 heterocycles. The topological polar surface area (TPSA) is 86.8 Å².